The highest BCUT2D eigenvalue weighted by Gasteiger charge is 2.34. The number of benzene rings is 2. The fraction of sp³-hybridized carbons (Fsp3) is 0.200. The van der Waals surface area contributed by atoms with E-state index < -0.39 is 11.9 Å². The Bertz CT molecular complexity index is 1100. The number of aryl methyl sites for hydroxylation is 2. The zero-order valence-corrected chi connectivity index (χ0v) is 15.7. The van der Waals surface area contributed by atoms with Crippen LogP contribution in [0.3, 0.4) is 0 Å². The molecule has 2 aromatic carbocycles. The van der Waals surface area contributed by atoms with Crippen LogP contribution in [0.2, 0.25) is 0 Å². The number of amides is 1. The normalized spacial score (nSPS) is 15.8. The summed E-state index contributed by atoms with van der Waals surface area (Å²) in [6, 6.07) is 11.3. The standard InChI is InChI=1S/C20H19FN6O/c1-11-7-8-16(12(2)9-11)23-19(28)17-13(3)22-20-24-25-26-27(20)18(17)14-5-4-6-15(21)10-14/h4-10,18H,1-3H3,(H,23,28)(H,22,24,26)/t18-/m0/s1. The first-order valence-corrected chi connectivity index (χ1v) is 8.84. The lowest BCUT2D eigenvalue weighted by Gasteiger charge is -2.28. The minimum atomic E-state index is -0.646. The molecule has 0 bridgehead atoms. The number of nitrogens with one attached hydrogen (secondary N) is 2. The van der Waals surface area contributed by atoms with Gasteiger partial charge in [-0.2, -0.15) is 4.68 Å². The number of tetrazole rings is 1. The molecule has 1 atom stereocenters. The maximum atomic E-state index is 13.9. The van der Waals surface area contributed by atoms with Gasteiger partial charge in [0.15, 0.2) is 0 Å². The number of aromatic nitrogens is 4. The number of allylic oxidation sites excluding steroid dienone is 1. The second-order valence-electron chi connectivity index (χ2n) is 6.84. The van der Waals surface area contributed by atoms with Gasteiger partial charge in [0.2, 0.25) is 5.95 Å². The van der Waals surface area contributed by atoms with Crippen molar-refractivity contribution in [3.05, 3.63) is 76.2 Å². The highest BCUT2D eigenvalue weighted by molar-refractivity contribution is 6.06. The SMILES string of the molecule is CC1=C(C(=O)Nc2ccc(C)cc2C)[C@H](c2cccc(F)c2)n2nnnc2N1. The molecule has 1 aromatic heterocycles. The molecule has 0 saturated carbocycles. The molecule has 0 saturated heterocycles. The van der Waals surface area contributed by atoms with Crippen molar-refractivity contribution in [1.82, 2.24) is 20.2 Å². The summed E-state index contributed by atoms with van der Waals surface area (Å²) in [4.78, 5) is 13.2. The molecule has 7 nitrogen and oxygen atoms in total. The monoisotopic (exact) mass is 378 g/mol. The van der Waals surface area contributed by atoms with Crippen LogP contribution in [0.25, 0.3) is 0 Å². The fourth-order valence-electron chi connectivity index (χ4n) is 3.43. The van der Waals surface area contributed by atoms with Crippen LogP contribution < -0.4 is 10.6 Å². The summed E-state index contributed by atoms with van der Waals surface area (Å²) in [5.41, 5.74) is 4.41. The number of anilines is 2. The second-order valence-corrected chi connectivity index (χ2v) is 6.84. The van der Waals surface area contributed by atoms with Crippen molar-refractivity contribution in [2.45, 2.75) is 26.8 Å². The quantitative estimate of drug-likeness (QED) is 0.730. The number of halogens is 1. The Kier molecular flexibility index (Phi) is 4.38. The lowest BCUT2D eigenvalue weighted by Crippen LogP contribution is -2.31. The smallest absolute Gasteiger partial charge is 0.255 e. The number of hydrogen-bond acceptors (Lipinski definition) is 5. The number of hydrogen-bond donors (Lipinski definition) is 2. The van der Waals surface area contributed by atoms with Crippen molar-refractivity contribution < 1.29 is 9.18 Å². The predicted octanol–water partition coefficient (Wildman–Crippen LogP) is 3.36. The molecule has 0 unspecified atom stereocenters. The van der Waals surface area contributed by atoms with E-state index in [4.69, 9.17) is 0 Å². The summed E-state index contributed by atoms with van der Waals surface area (Å²) in [6.07, 6.45) is 0. The molecule has 0 radical (unpaired) electrons. The number of carbonyl (C=O) groups excluding carboxylic acids is 1. The highest BCUT2D eigenvalue weighted by Crippen LogP contribution is 2.35. The van der Waals surface area contributed by atoms with Crippen LogP contribution in [0.4, 0.5) is 16.0 Å². The zero-order chi connectivity index (χ0) is 19.8. The molecule has 1 aliphatic heterocycles. The van der Waals surface area contributed by atoms with Crippen LogP contribution in [0, 0.1) is 19.7 Å². The van der Waals surface area contributed by atoms with Crippen molar-refractivity contribution in [2.75, 3.05) is 10.6 Å². The van der Waals surface area contributed by atoms with Gasteiger partial charge in [-0.1, -0.05) is 34.9 Å². The van der Waals surface area contributed by atoms with Gasteiger partial charge in [-0.25, -0.2) is 4.39 Å². The molecule has 0 aliphatic carbocycles. The van der Waals surface area contributed by atoms with Gasteiger partial charge in [0.1, 0.15) is 11.9 Å². The zero-order valence-electron chi connectivity index (χ0n) is 15.7. The number of nitrogens with zero attached hydrogens (tertiary/aromatic N) is 4. The molecule has 2 N–H and O–H groups in total. The van der Waals surface area contributed by atoms with E-state index in [1.807, 2.05) is 32.0 Å². The minimum absolute atomic E-state index is 0.299. The van der Waals surface area contributed by atoms with Crippen LogP contribution in [0.5, 0.6) is 0 Å². The van der Waals surface area contributed by atoms with Crippen molar-refractivity contribution in [3.63, 3.8) is 0 Å². The van der Waals surface area contributed by atoms with E-state index in [2.05, 4.69) is 26.2 Å². The summed E-state index contributed by atoms with van der Waals surface area (Å²) in [5.74, 6) is -0.292. The van der Waals surface area contributed by atoms with Gasteiger partial charge >= 0.3 is 0 Å². The molecule has 8 heteroatoms. The van der Waals surface area contributed by atoms with Gasteiger partial charge in [-0.15, -0.1) is 0 Å². The Morgan fingerprint density at radius 1 is 1.18 bits per heavy atom. The fourth-order valence-corrected chi connectivity index (χ4v) is 3.43. The molecular weight excluding hydrogens is 359 g/mol. The third-order valence-electron chi connectivity index (χ3n) is 4.75. The van der Waals surface area contributed by atoms with Crippen molar-refractivity contribution in [2.24, 2.45) is 0 Å². The Morgan fingerprint density at radius 2 is 2.00 bits per heavy atom. The second kappa shape index (κ2) is 6.88. The van der Waals surface area contributed by atoms with E-state index in [1.54, 1.807) is 19.1 Å². The maximum Gasteiger partial charge on any atom is 0.255 e. The Balaban J connectivity index is 1.77. The number of rotatable bonds is 3. The van der Waals surface area contributed by atoms with E-state index in [9.17, 15) is 9.18 Å². The Hall–Kier alpha value is -3.55. The highest BCUT2D eigenvalue weighted by atomic mass is 19.1. The molecule has 4 rings (SSSR count). The molecule has 1 amide bonds. The summed E-state index contributed by atoms with van der Waals surface area (Å²) >= 11 is 0. The average Bonchev–Trinajstić information content (AvgIpc) is 3.10. The third kappa shape index (κ3) is 3.13. The third-order valence-corrected chi connectivity index (χ3v) is 4.75. The lowest BCUT2D eigenvalue weighted by atomic mass is 9.95. The molecule has 2 heterocycles. The van der Waals surface area contributed by atoms with Gasteiger partial charge in [-0.05, 0) is 60.5 Å². The van der Waals surface area contributed by atoms with E-state index in [-0.39, 0.29) is 5.91 Å². The molecule has 142 valence electrons. The first-order valence-electron chi connectivity index (χ1n) is 8.84. The molecule has 0 spiro atoms. The number of carbonyl (C=O) groups is 1. The van der Waals surface area contributed by atoms with E-state index in [0.29, 0.717) is 22.8 Å². The Morgan fingerprint density at radius 3 is 2.75 bits per heavy atom. The molecule has 3 aromatic rings. The molecule has 0 fully saturated rings. The average molecular weight is 378 g/mol. The summed E-state index contributed by atoms with van der Waals surface area (Å²) < 4.78 is 15.4. The van der Waals surface area contributed by atoms with Crippen LogP contribution >= 0.6 is 0 Å². The summed E-state index contributed by atoms with van der Waals surface area (Å²) in [6.45, 7) is 5.71. The van der Waals surface area contributed by atoms with Gasteiger partial charge in [-0.3, -0.25) is 4.79 Å². The van der Waals surface area contributed by atoms with E-state index in [1.165, 1.54) is 16.8 Å². The molecule has 1 aliphatic rings. The molecule has 28 heavy (non-hydrogen) atoms. The van der Waals surface area contributed by atoms with Crippen LogP contribution in [-0.4, -0.2) is 26.1 Å². The van der Waals surface area contributed by atoms with E-state index in [0.717, 1.165) is 16.8 Å². The van der Waals surface area contributed by atoms with Gasteiger partial charge in [0, 0.05) is 11.4 Å². The summed E-state index contributed by atoms with van der Waals surface area (Å²) in [7, 11) is 0. The van der Waals surface area contributed by atoms with Gasteiger partial charge in [0.25, 0.3) is 5.91 Å². The largest absolute Gasteiger partial charge is 0.326 e. The summed E-state index contributed by atoms with van der Waals surface area (Å²) in [5, 5.41) is 17.6. The number of fused-ring (bicyclic) bond motifs is 1. The van der Waals surface area contributed by atoms with Crippen LogP contribution in [0.15, 0.2) is 53.7 Å². The predicted molar refractivity (Wildman–Crippen MR) is 103 cm³/mol. The van der Waals surface area contributed by atoms with Gasteiger partial charge in [0.05, 0.1) is 5.57 Å². The topological polar surface area (TPSA) is 84.7 Å². The molecular formula is C20H19FN6O. The van der Waals surface area contributed by atoms with Crippen molar-refractivity contribution >= 4 is 17.5 Å². The van der Waals surface area contributed by atoms with Crippen LogP contribution in [-0.2, 0) is 4.79 Å². The maximum absolute atomic E-state index is 13.9. The van der Waals surface area contributed by atoms with Crippen LogP contribution in [0.1, 0.15) is 29.7 Å². The lowest BCUT2D eigenvalue weighted by molar-refractivity contribution is -0.113. The Labute approximate surface area is 161 Å². The first-order chi connectivity index (χ1) is 13.4. The van der Waals surface area contributed by atoms with Gasteiger partial charge < -0.3 is 10.6 Å². The van der Waals surface area contributed by atoms with E-state index >= 15 is 0 Å². The van der Waals surface area contributed by atoms with Crippen molar-refractivity contribution in [1.29, 1.82) is 0 Å². The first kappa shape index (κ1) is 17.8. The van der Waals surface area contributed by atoms with Crippen molar-refractivity contribution in [3.8, 4) is 0 Å². The minimum Gasteiger partial charge on any atom is -0.326 e.